The van der Waals surface area contributed by atoms with Crippen LogP contribution < -0.4 is 10.2 Å². The third-order valence-corrected chi connectivity index (χ3v) is 6.70. The van der Waals surface area contributed by atoms with Crippen molar-refractivity contribution in [3.05, 3.63) is 52.6 Å². The average Bonchev–Trinajstić information content (AvgIpc) is 3.16. The van der Waals surface area contributed by atoms with Crippen molar-refractivity contribution >= 4 is 17.0 Å². The zero-order valence-electron chi connectivity index (χ0n) is 19.2. The normalized spacial score (nSPS) is 17.9. The van der Waals surface area contributed by atoms with E-state index in [-0.39, 0.29) is 5.82 Å². The molecule has 0 saturated carbocycles. The van der Waals surface area contributed by atoms with Crippen molar-refractivity contribution in [3.63, 3.8) is 0 Å². The van der Waals surface area contributed by atoms with Gasteiger partial charge in [-0.2, -0.15) is 0 Å². The van der Waals surface area contributed by atoms with Crippen LogP contribution in [0, 0.1) is 19.7 Å². The van der Waals surface area contributed by atoms with E-state index in [0.717, 1.165) is 79.7 Å². The first-order valence-electron chi connectivity index (χ1n) is 11.9. The van der Waals surface area contributed by atoms with E-state index in [1.54, 1.807) is 6.07 Å². The number of piperazine rings is 1. The number of anilines is 1. The summed E-state index contributed by atoms with van der Waals surface area (Å²) in [7, 11) is 0. The Morgan fingerprint density at radius 3 is 2.47 bits per heavy atom. The number of hydrogen-bond donors (Lipinski definition) is 1. The summed E-state index contributed by atoms with van der Waals surface area (Å²) in [4.78, 5) is 15.0. The summed E-state index contributed by atoms with van der Waals surface area (Å²) >= 11 is 0. The molecule has 6 nitrogen and oxygen atoms in total. The molecule has 1 N–H and O–H groups in total. The van der Waals surface area contributed by atoms with Crippen LogP contribution in [0.4, 0.5) is 10.3 Å². The predicted molar refractivity (Wildman–Crippen MR) is 127 cm³/mol. The summed E-state index contributed by atoms with van der Waals surface area (Å²) in [6, 6.07) is 7.57. The highest BCUT2D eigenvalue weighted by atomic mass is 19.1. The van der Waals surface area contributed by atoms with Gasteiger partial charge < -0.3 is 14.8 Å². The molecule has 1 aromatic carbocycles. The lowest BCUT2D eigenvalue weighted by Crippen LogP contribution is -2.44. The first-order chi connectivity index (χ1) is 15.6. The smallest absolute Gasteiger partial charge is 0.207 e. The standard InChI is InChI=1S/C25H33FN6/c1-18-14-20(6-7-21(18)26)16-32-23-15-19(2)28-22(17-30-10-4-3-5-11-30)24(23)29-25(32)31-12-8-27-9-13-31/h6-7,14-15,27H,3-5,8-13,16-17H2,1-2H3. The molecular formula is C25H33FN6. The van der Waals surface area contributed by atoms with E-state index in [9.17, 15) is 4.39 Å². The Kier molecular flexibility index (Phi) is 6.11. The fourth-order valence-electron chi connectivity index (χ4n) is 5.00. The Labute approximate surface area is 189 Å². The molecule has 2 aromatic heterocycles. The van der Waals surface area contributed by atoms with Gasteiger partial charge in [-0.05, 0) is 63.0 Å². The highest BCUT2D eigenvalue weighted by molar-refractivity contribution is 5.81. The Bertz CT molecular complexity index is 1100. The number of likely N-dealkylation sites (tertiary alicyclic amines) is 1. The van der Waals surface area contributed by atoms with Crippen LogP contribution in [-0.2, 0) is 13.1 Å². The molecular weight excluding hydrogens is 403 g/mol. The van der Waals surface area contributed by atoms with E-state index in [0.29, 0.717) is 12.1 Å². The number of benzene rings is 1. The lowest BCUT2D eigenvalue weighted by atomic mass is 10.1. The molecule has 0 unspecified atom stereocenters. The number of nitrogens with one attached hydrogen (secondary N) is 1. The van der Waals surface area contributed by atoms with E-state index in [2.05, 4.69) is 32.7 Å². The van der Waals surface area contributed by atoms with Gasteiger partial charge in [-0.15, -0.1) is 0 Å². The van der Waals surface area contributed by atoms with Gasteiger partial charge in [-0.1, -0.05) is 18.6 Å². The molecule has 0 amide bonds. The minimum Gasteiger partial charge on any atom is -0.340 e. The average molecular weight is 437 g/mol. The van der Waals surface area contributed by atoms with Gasteiger partial charge in [0.25, 0.3) is 0 Å². The number of aryl methyl sites for hydroxylation is 2. The van der Waals surface area contributed by atoms with Gasteiger partial charge in [0.15, 0.2) is 0 Å². The summed E-state index contributed by atoms with van der Waals surface area (Å²) in [6.07, 6.45) is 3.85. The maximum atomic E-state index is 13.9. The number of nitrogens with zero attached hydrogens (tertiary/aromatic N) is 5. The topological polar surface area (TPSA) is 49.2 Å². The number of hydrogen-bond acceptors (Lipinski definition) is 5. The molecule has 3 aromatic rings. The largest absolute Gasteiger partial charge is 0.340 e. The summed E-state index contributed by atoms with van der Waals surface area (Å²) in [5.41, 5.74) is 6.00. The van der Waals surface area contributed by atoms with Crippen molar-refractivity contribution in [3.8, 4) is 0 Å². The van der Waals surface area contributed by atoms with E-state index in [1.165, 1.54) is 19.3 Å². The van der Waals surface area contributed by atoms with Crippen molar-refractivity contribution in [2.24, 2.45) is 0 Å². The quantitative estimate of drug-likeness (QED) is 0.662. The minimum atomic E-state index is -0.157. The van der Waals surface area contributed by atoms with E-state index < -0.39 is 0 Å². The minimum absolute atomic E-state index is 0.157. The van der Waals surface area contributed by atoms with Crippen molar-refractivity contribution in [1.29, 1.82) is 0 Å². The van der Waals surface area contributed by atoms with Gasteiger partial charge >= 0.3 is 0 Å². The molecule has 2 aliphatic rings. The van der Waals surface area contributed by atoms with Crippen LogP contribution in [0.2, 0.25) is 0 Å². The van der Waals surface area contributed by atoms with Gasteiger partial charge in [0.1, 0.15) is 11.3 Å². The van der Waals surface area contributed by atoms with Gasteiger partial charge in [0.05, 0.1) is 17.8 Å². The number of rotatable bonds is 5. The Morgan fingerprint density at radius 1 is 0.938 bits per heavy atom. The zero-order valence-corrected chi connectivity index (χ0v) is 19.2. The summed E-state index contributed by atoms with van der Waals surface area (Å²) in [5, 5.41) is 3.44. The second-order valence-corrected chi connectivity index (χ2v) is 9.23. The van der Waals surface area contributed by atoms with E-state index >= 15 is 0 Å². The van der Waals surface area contributed by atoms with Gasteiger partial charge in [0.2, 0.25) is 5.95 Å². The number of piperidine rings is 1. The first-order valence-corrected chi connectivity index (χ1v) is 11.9. The maximum absolute atomic E-state index is 13.9. The van der Waals surface area contributed by atoms with Crippen molar-refractivity contribution in [2.45, 2.75) is 46.2 Å². The zero-order chi connectivity index (χ0) is 22.1. The first kappa shape index (κ1) is 21.3. The molecule has 2 fully saturated rings. The lowest BCUT2D eigenvalue weighted by molar-refractivity contribution is 0.219. The van der Waals surface area contributed by atoms with Crippen LogP contribution in [0.1, 0.15) is 41.8 Å². The molecule has 32 heavy (non-hydrogen) atoms. The number of aromatic nitrogens is 3. The monoisotopic (exact) mass is 436 g/mol. The van der Waals surface area contributed by atoms with Crippen molar-refractivity contribution in [2.75, 3.05) is 44.2 Å². The van der Waals surface area contributed by atoms with Crippen LogP contribution in [0.5, 0.6) is 0 Å². The van der Waals surface area contributed by atoms with E-state index in [1.807, 2.05) is 19.1 Å². The Hall–Kier alpha value is -2.51. The third kappa shape index (κ3) is 4.36. The third-order valence-electron chi connectivity index (χ3n) is 6.70. The van der Waals surface area contributed by atoms with Crippen molar-refractivity contribution in [1.82, 2.24) is 24.8 Å². The van der Waals surface area contributed by atoms with E-state index in [4.69, 9.17) is 9.97 Å². The van der Waals surface area contributed by atoms with Gasteiger partial charge in [-0.3, -0.25) is 9.88 Å². The van der Waals surface area contributed by atoms with Gasteiger partial charge in [0, 0.05) is 38.4 Å². The van der Waals surface area contributed by atoms with Crippen LogP contribution in [0.3, 0.4) is 0 Å². The molecule has 0 radical (unpaired) electrons. The Morgan fingerprint density at radius 2 is 1.72 bits per heavy atom. The second-order valence-electron chi connectivity index (χ2n) is 9.23. The number of halogens is 1. The molecule has 2 saturated heterocycles. The fourth-order valence-corrected chi connectivity index (χ4v) is 5.00. The van der Waals surface area contributed by atoms with Gasteiger partial charge in [-0.25, -0.2) is 9.37 Å². The molecule has 0 aliphatic carbocycles. The summed E-state index contributed by atoms with van der Waals surface area (Å²) < 4.78 is 16.2. The molecule has 170 valence electrons. The molecule has 0 spiro atoms. The summed E-state index contributed by atoms with van der Waals surface area (Å²) in [6.45, 7) is 11.5. The molecule has 7 heteroatoms. The lowest BCUT2D eigenvalue weighted by Gasteiger charge is -2.29. The van der Waals surface area contributed by atoms with Crippen LogP contribution >= 0.6 is 0 Å². The summed E-state index contributed by atoms with van der Waals surface area (Å²) in [5.74, 6) is 0.839. The number of imidazole rings is 1. The molecule has 0 atom stereocenters. The SMILES string of the molecule is Cc1cc2c(nc(N3CCNCC3)n2Cc2ccc(F)c(C)c2)c(CN2CCCCC2)n1. The van der Waals surface area contributed by atoms with Crippen LogP contribution in [0.15, 0.2) is 24.3 Å². The predicted octanol–water partition coefficient (Wildman–Crippen LogP) is 3.63. The highest BCUT2D eigenvalue weighted by Gasteiger charge is 2.23. The van der Waals surface area contributed by atoms with Crippen LogP contribution in [0.25, 0.3) is 11.0 Å². The Balaban J connectivity index is 1.59. The molecule has 5 rings (SSSR count). The van der Waals surface area contributed by atoms with Crippen molar-refractivity contribution < 1.29 is 4.39 Å². The second kappa shape index (κ2) is 9.16. The molecule has 0 bridgehead atoms. The molecule has 4 heterocycles. The fraction of sp³-hybridized carbons (Fsp3) is 0.520. The van der Waals surface area contributed by atoms with Crippen LogP contribution in [-0.4, -0.2) is 58.7 Å². The number of fused-ring (bicyclic) bond motifs is 1. The maximum Gasteiger partial charge on any atom is 0.207 e. The molecule has 2 aliphatic heterocycles. The number of pyridine rings is 1. The highest BCUT2D eigenvalue weighted by Crippen LogP contribution is 2.28.